The first-order valence-corrected chi connectivity index (χ1v) is 8.23. The molecule has 1 heterocycles. The fourth-order valence-corrected chi connectivity index (χ4v) is 3.24. The van der Waals surface area contributed by atoms with E-state index < -0.39 is 0 Å². The van der Waals surface area contributed by atoms with E-state index in [4.69, 9.17) is 5.73 Å². The highest BCUT2D eigenvalue weighted by atomic mass is 32.1. The molecule has 2 aromatic carbocycles. The van der Waals surface area contributed by atoms with E-state index in [1.54, 1.807) is 0 Å². The Morgan fingerprint density at radius 1 is 1.09 bits per heavy atom. The minimum absolute atomic E-state index is 0.137. The van der Waals surface area contributed by atoms with Gasteiger partial charge >= 0.3 is 0 Å². The maximum absolute atomic E-state index is 12.4. The van der Waals surface area contributed by atoms with Gasteiger partial charge in [0.05, 0.1) is 10.6 Å². The largest absolute Gasteiger partial charge is 0.390 e. The Bertz CT molecular complexity index is 807. The van der Waals surface area contributed by atoms with Crippen molar-refractivity contribution in [3.63, 3.8) is 0 Å². The number of nitrogen functional groups attached to an aromatic ring is 1. The number of thiophene rings is 1. The van der Waals surface area contributed by atoms with Crippen LogP contribution >= 0.6 is 11.3 Å². The molecule has 4 heteroatoms. The van der Waals surface area contributed by atoms with E-state index in [1.807, 2.05) is 67.6 Å². The Morgan fingerprint density at radius 3 is 2.48 bits per heavy atom. The van der Waals surface area contributed by atoms with Crippen LogP contribution in [0.2, 0.25) is 0 Å². The minimum atomic E-state index is -0.137. The fraction of sp³-hybridized carbons (Fsp3) is 0.105. The molecule has 0 spiro atoms. The van der Waals surface area contributed by atoms with Gasteiger partial charge in [0.1, 0.15) is 0 Å². The Morgan fingerprint density at radius 2 is 1.78 bits per heavy atom. The molecule has 0 fully saturated rings. The molecule has 23 heavy (non-hydrogen) atoms. The predicted molar refractivity (Wildman–Crippen MR) is 96.5 cm³/mol. The molecule has 3 N–H and O–H groups in total. The molecule has 0 radical (unpaired) electrons. The normalized spacial score (nSPS) is 10.5. The van der Waals surface area contributed by atoms with Crippen LogP contribution in [0.25, 0.3) is 10.4 Å². The number of nitrogens with two attached hydrogens (primary N) is 1. The number of carbonyl (C=O) groups excluding carboxylic acids is 1. The van der Waals surface area contributed by atoms with Crippen LogP contribution in [-0.2, 0) is 6.54 Å². The summed E-state index contributed by atoms with van der Waals surface area (Å²) in [5.41, 5.74) is 9.91. The lowest BCUT2D eigenvalue weighted by atomic mass is 10.1. The van der Waals surface area contributed by atoms with Crippen LogP contribution in [0.15, 0.2) is 60.7 Å². The molecule has 3 aromatic rings. The number of amides is 1. The third-order valence-corrected chi connectivity index (χ3v) is 4.65. The van der Waals surface area contributed by atoms with Gasteiger partial charge in [-0.1, -0.05) is 60.2 Å². The quantitative estimate of drug-likeness (QED) is 0.755. The van der Waals surface area contributed by atoms with Gasteiger partial charge in [0, 0.05) is 11.4 Å². The van der Waals surface area contributed by atoms with E-state index in [1.165, 1.54) is 16.9 Å². The van der Waals surface area contributed by atoms with Crippen molar-refractivity contribution in [1.82, 2.24) is 5.32 Å². The van der Waals surface area contributed by atoms with Crippen LogP contribution in [0.5, 0.6) is 0 Å². The molecule has 116 valence electrons. The second-order valence-electron chi connectivity index (χ2n) is 5.42. The van der Waals surface area contributed by atoms with Crippen LogP contribution < -0.4 is 11.1 Å². The van der Waals surface area contributed by atoms with Crippen LogP contribution in [0.4, 0.5) is 5.00 Å². The first-order chi connectivity index (χ1) is 11.1. The highest BCUT2D eigenvalue weighted by Gasteiger charge is 2.14. The molecule has 3 nitrogen and oxygen atoms in total. The highest BCUT2D eigenvalue weighted by Crippen LogP contribution is 2.33. The van der Waals surface area contributed by atoms with E-state index in [0.717, 1.165) is 16.0 Å². The summed E-state index contributed by atoms with van der Waals surface area (Å²) in [6, 6.07) is 19.9. The zero-order valence-electron chi connectivity index (χ0n) is 12.9. The average molecular weight is 322 g/mol. The number of anilines is 1. The number of aryl methyl sites for hydroxylation is 1. The van der Waals surface area contributed by atoms with Crippen LogP contribution in [-0.4, -0.2) is 5.91 Å². The van der Waals surface area contributed by atoms with E-state index in [0.29, 0.717) is 17.1 Å². The van der Waals surface area contributed by atoms with Crippen LogP contribution in [0.1, 0.15) is 21.5 Å². The smallest absolute Gasteiger partial charge is 0.254 e. The third kappa shape index (κ3) is 3.60. The molecule has 3 rings (SSSR count). The number of carbonyl (C=O) groups is 1. The summed E-state index contributed by atoms with van der Waals surface area (Å²) in [7, 11) is 0. The van der Waals surface area contributed by atoms with Gasteiger partial charge in [0.25, 0.3) is 5.91 Å². The molecule has 0 aliphatic carbocycles. The molecule has 0 atom stereocenters. The number of benzene rings is 2. The highest BCUT2D eigenvalue weighted by molar-refractivity contribution is 7.19. The minimum Gasteiger partial charge on any atom is -0.390 e. The lowest BCUT2D eigenvalue weighted by molar-refractivity contribution is 0.0952. The maximum atomic E-state index is 12.4. The molecular weight excluding hydrogens is 304 g/mol. The second kappa shape index (κ2) is 6.67. The molecule has 0 saturated carbocycles. The third-order valence-electron chi connectivity index (χ3n) is 3.64. The van der Waals surface area contributed by atoms with E-state index in [2.05, 4.69) is 5.32 Å². The number of nitrogens with one attached hydrogen (secondary N) is 1. The van der Waals surface area contributed by atoms with Gasteiger partial charge < -0.3 is 11.1 Å². The predicted octanol–water partition coefficient (Wildman–Crippen LogP) is 4.24. The summed E-state index contributed by atoms with van der Waals surface area (Å²) in [6.07, 6.45) is 0. The van der Waals surface area contributed by atoms with Crippen molar-refractivity contribution in [3.8, 4) is 10.4 Å². The second-order valence-corrected chi connectivity index (χ2v) is 6.51. The SMILES string of the molecule is Cc1ccc(CNC(=O)c2cc(-c3ccccc3)sc2N)cc1. The van der Waals surface area contributed by atoms with Gasteiger partial charge in [0.15, 0.2) is 0 Å². The number of hydrogen-bond acceptors (Lipinski definition) is 3. The number of rotatable bonds is 4. The van der Waals surface area contributed by atoms with E-state index >= 15 is 0 Å². The lowest BCUT2D eigenvalue weighted by Crippen LogP contribution is -2.23. The molecule has 0 aliphatic rings. The van der Waals surface area contributed by atoms with Crippen molar-refractivity contribution in [2.45, 2.75) is 13.5 Å². The van der Waals surface area contributed by atoms with E-state index in [9.17, 15) is 4.79 Å². The summed E-state index contributed by atoms with van der Waals surface area (Å²) < 4.78 is 0. The molecule has 0 aliphatic heterocycles. The molecule has 0 unspecified atom stereocenters. The fourth-order valence-electron chi connectivity index (χ4n) is 2.31. The Labute approximate surface area is 139 Å². The van der Waals surface area contributed by atoms with Crippen molar-refractivity contribution in [1.29, 1.82) is 0 Å². The van der Waals surface area contributed by atoms with Gasteiger partial charge in [-0.2, -0.15) is 0 Å². The van der Waals surface area contributed by atoms with Crippen molar-refractivity contribution < 1.29 is 4.79 Å². The van der Waals surface area contributed by atoms with Crippen molar-refractivity contribution in [2.75, 3.05) is 5.73 Å². The van der Waals surface area contributed by atoms with E-state index in [-0.39, 0.29) is 5.91 Å². The van der Waals surface area contributed by atoms with Gasteiger partial charge in [-0.25, -0.2) is 0 Å². The lowest BCUT2D eigenvalue weighted by Gasteiger charge is -2.05. The monoisotopic (exact) mass is 322 g/mol. The zero-order chi connectivity index (χ0) is 16.2. The molecule has 0 saturated heterocycles. The number of hydrogen-bond donors (Lipinski definition) is 2. The standard InChI is InChI=1S/C19H18N2OS/c1-13-7-9-14(10-8-13)12-21-19(22)16-11-17(23-18(16)20)15-5-3-2-4-6-15/h2-11H,12,20H2,1H3,(H,21,22). The Hall–Kier alpha value is -2.59. The Kier molecular flexibility index (Phi) is 4.44. The summed E-state index contributed by atoms with van der Waals surface area (Å²) in [5, 5.41) is 3.47. The first-order valence-electron chi connectivity index (χ1n) is 7.42. The van der Waals surface area contributed by atoms with Crippen LogP contribution in [0.3, 0.4) is 0 Å². The molecular formula is C19H18N2OS. The first kappa shape index (κ1) is 15.3. The van der Waals surface area contributed by atoms with Gasteiger partial charge in [0.2, 0.25) is 0 Å². The Balaban J connectivity index is 1.72. The van der Waals surface area contributed by atoms with Crippen molar-refractivity contribution in [2.24, 2.45) is 0 Å². The van der Waals surface area contributed by atoms with Gasteiger partial charge in [-0.05, 0) is 24.1 Å². The summed E-state index contributed by atoms with van der Waals surface area (Å²) >= 11 is 1.44. The average Bonchev–Trinajstić information content (AvgIpc) is 2.97. The summed E-state index contributed by atoms with van der Waals surface area (Å²) in [6.45, 7) is 2.54. The summed E-state index contributed by atoms with van der Waals surface area (Å²) in [5.74, 6) is -0.137. The van der Waals surface area contributed by atoms with Crippen molar-refractivity contribution >= 4 is 22.2 Å². The molecule has 1 aromatic heterocycles. The van der Waals surface area contributed by atoms with Gasteiger partial charge in [-0.15, -0.1) is 11.3 Å². The zero-order valence-corrected chi connectivity index (χ0v) is 13.7. The van der Waals surface area contributed by atoms with Crippen LogP contribution in [0, 0.1) is 6.92 Å². The van der Waals surface area contributed by atoms with Gasteiger partial charge in [-0.3, -0.25) is 4.79 Å². The summed E-state index contributed by atoms with van der Waals surface area (Å²) in [4.78, 5) is 13.4. The topological polar surface area (TPSA) is 55.1 Å². The maximum Gasteiger partial charge on any atom is 0.254 e. The molecule has 1 amide bonds. The van der Waals surface area contributed by atoms with Crippen molar-refractivity contribution in [3.05, 3.63) is 77.4 Å². The molecule has 0 bridgehead atoms.